The normalized spacial score (nSPS) is 10.6. The van der Waals surface area contributed by atoms with E-state index in [9.17, 15) is 14.4 Å². The summed E-state index contributed by atoms with van der Waals surface area (Å²) in [5.74, 6) is -0.537. The molecule has 0 spiro atoms. The molecule has 0 atom stereocenters. The molecule has 0 saturated heterocycles. The van der Waals surface area contributed by atoms with E-state index in [4.69, 9.17) is 10.5 Å². The number of carbonyl (C=O) groups is 2. The number of nitrogens with two attached hydrogens (primary N) is 1. The Morgan fingerprint density at radius 3 is 2.61 bits per heavy atom. The molecule has 2 N–H and O–H groups in total. The van der Waals surface area contributed by atoms with Crippen LogP contribution in [0.25, 0.3) is 10.9 Å². The van der Waals surface area contributed by atoms with Crippen LogP contribution in [0, 0.1) is 0 Å². The van der Waals surface area contributed by atoms with Gasteiger partial charge in [-0.05, 0) is 24.3 Å². The molecule has 0 saturated carbocycles. The number of carbonyl (C=O) groups excluding carboxylic acids is 2. The number of anilines is 1. The number of hydrogen-bond donors (Lipinski definition) is 1. The van der Waals surface area contributed by atoms with Crippen LogP contribution in [0.3, 0.4) is 0 Å². The molecule has 0 radical (unpaired) electrons. The van der Waals surface area contributed by atoms with Crippen LogP contribution in [-0.4, -0.2) is 40.5 Å². The molecule has 0 aliphatic carbocycles. The van der Waals surface area contributed by atoms with Gasteiger partial charge >= 0.3 is 0 Å². The Morgan fingerprint density at radius 2 is 1.86 bits per heavy atom. The first-order valence-electron chi connectivity index (χ1n) is 8.55. The third-order valence-electron chi connectivity index (χ3n) is 4.17. The van der Waals surface area contributed by atoms with Crippen molar-refractivity contribution in [3.8, 4) is 5.75 Å². The van der Waals surface area contributed by atoms with Gasteiger partial charge in [-0.2, -0.15) is 0 Å². The average molecular weight is 381 g/mol. The number of amides is 2. The van der Waals surface area contributed by atoms with Crippen LogP contribution in [-0.2, 0) is 16.1 Å². The Hall–Kier alpha value is -3.75. The molecule has 0 aliphatic rings. The maximum atomic E-state index is 13.0. The van der Waals surface area contributed by atoms with Crippen molar-refractivity contribution in [2.75, 3.05) is 18.6 Å². The standard InChI is InChI=1S/C19H19N5O4/c1-28-16-9-5-4-8-15(16)23(11-10-17(20)25)18(26)12-24-19(27)13-6-2-3-7-14(13)21-22-24/h2-9H,10-12H2,1H3,(H2,20,25). The monoisotopic (exact) mass is 381 g/mol. The topological polar surface area (TPSA) is 120 Å². The molecular formula is C19H19N5O4. The third kappa shape index (κ3) is 3.98. The maximum Gasteiger partial charge on any atom is 0.278 e. The fourth-order valence-corrected chi connectivity index (χ4v) is 2.79. The van der Waals surface area contributed by atoms with Crippen molar-refractivity contribution in [2.24, 2.45) is 5.73 Å². The molecule has 2 aromatic carbocycles. The summed E-state index contributed by atoms with van der Waals surface area (Å²) in [5.41, 5.74) is 5.74. The van der Waals surface area contributed by atoms with E-state index in [1.165, 1.54) is 12.0 Å². The van der Waals surface area contributed by atoms with Gasteiger partial charge < -0.3 is 15.4 Å². The van der Waals surface area contributed by atoms with Crippen LogP contribution in [0.1, 0.15) is 6.42 Å². The van der Waals surface area contributed by atoms with Gasteiger partial charge in [-0.3, -0.25) is 14.4 Å². The van der Waals surface area contributed by atoms with Crippen molar-refractivity contribution in [1.82, 2.24) is 15.0 Å². The van der Waals surface area contributed by atoms with E-state index in [1.54, 1.807) is 48.5 Å². The van der Waals surface area contributed by atoms with Crippen molar-refractivity contribution >= 4 is 28.4 Å². The molecule has 1 aromatic heterocycles. The van der Waals surface area contributed by atoms with Crippen LogP contribution in [0.2, 0.25) is 0 Å². The second-order valence-corrected chi connectivity index (χ2v) is 6.00. The fraction of sp³-hybridized carbons (Fsp3) is 0.211. The van der Waals surface area contributed by atoms with Gasteiger partial charge in [0.15, 0.2) is 0 Å². The van der Waals surface area contributed by atoms with Gasteiger partial charge in [0.2, 0.25) is 11.8 Å². The Bertz CT molecular complexity index is 1080. The van der Waals surface area contributed by atoms with Crippen LogP contribution < -0.4 is 20.9 Å². The van der Waals surface area contributed by atoms with Crippen molar-refractivity contribution < 1.29 is 14.3 Å². The molecule has 9 heteroatoms. The molecular weight excluding hydrogens is 362 g/mol. The number of ether oxygens (including phenoxy) is 1. The summed E-state index contributed by atoms with van der Waals surface area (Å²) < 4.78 is 6.31. The SMILES string of the molecule is COc1ccccc1N(CCC(N)=O)C(=O)Cn1nnc2ccccc2c1=O. The van der Waals surface area contributed by atoms with E-state index >= 15 is 0 Å². The summed E-state index contributed by atoms with van der Waals surface area (Å²) in [6, 6.07) is 13.6. The zero-order valence-electron chi connectivity index (χ0n) is 15.2. The van der Waals surface area contributed by atoms with Gasteiger partial charge in [0.25, 0.3) is 5.56 Å². The smallest absolute Gasteiger partial charge is 0.278 e. The summed E-state index contributed by atoms with van der Waals surface area (Å²) in [4.78, 5) is 38.2. The number of aromatic nitrogens is 3. The number of nitrogens with zero attached hydrogens (tertiary/aromatic N) is 4. The molecule has 2 amide bonds. The van der Waals surface area contributed by atoms with Gasteiger partial charge in [-0.25, -0.2) is 4.68 Å². The first-order valence-corrected chi connectivity index (χ1v) is 8.55. The second kappa shape index (κ2) is 8.30. The average Bonchev–Trinajstić information content (AvgIpc) is 2.70. The van der Waals surface area contributed by atoms with E-state index in [2.05, 4.69) is 10.3 Å². The largest absolute Gasteiger partial charge is 0.495 e. The maximum absolute atomic E-state index is 13.0. The van der Waals surface area contributed by atoms with E-state index < -0.39 is 17.4 Å². The third-order valence-corrected chi connectivity index (χ3v) is 4.17. The van der Waals surface area contributed by atoms with Crippen molar-refractivity contribution in [3.63, 3.8) is 0 Å². The molecule has 3 aromatic rings. The van der Waals surface area contributed by atoms with E-state index in [1.807, 2.05) is 0 Å². The number of rotatable bonds is 7. The van der Waals surface area contributed by atoms with Gasteiger partial charge in [0, 0.05) is 13.0 Å². The summed E-state index contributed by atoms with van der Waals surface area (Å²) in [5, 5.41) is 8.19. The van der Waals surface area contributed by atoms with Crippen LogP contribution in [0.5, 0.6) is 5.75 Å². The lowest BCUT2D eigenvalue weighted by atomic mass is 10.2. The zero-order chi connectivity index (χ0) is 20.1. The number of primary amides is 1. The number of fused-ring (bicyclic) bond motifs is 1. The van der Waals surface area contributed by atoms with Crippen LogP contribution in [0.4, 0.5) is 5.69 Å². The van der Waals surface area contributed by atoms with Gasteiger partial charge in [0.1, 0.15) is 17.8 Å². The van der Waals surface area contributed by atoms with Gasteiger partial charge in [-0.1, -0.05) is 29.5 Å². The highest BCUT2D eigenvalue weighted by atomic mass is 16.5. The van der Waals surface area contributed by atoms with Crippen LogP contribution in [0.15, 0.2) is 53.3 Å². The molecule has 144 valence electrons. The van der Waals surface area contributed by atoms with Crippen LogP contribution >= 0.6 is 0 Å². The van der Waals surface area contributed by atoms with E-state index in [-0.39, 0.29) is 19.5 Å². The Balaban J connectivity index is 1.94. The lowest BCUT2D eigenvalue weighted by Gasteiger charge is -2.24. The zero-order valence-corrected chi connectivity index (χ0v) is 15.2. The second-order valence-electron chi connectivity index (χ2n) is 6.00. The molecule has 28 heavy (non-hydrogen) atoms. The molecule has 0 aliphatic heterocycles. The van der Waals surface area contributed by atoms with Gasteiger partial charge in [0.05, 0.1) is 18.2 Å². The van der Waals surface area contributed by atoms with E-state index in [0.717, 1.165) is 4.68 Å². The summed E-state index contributed by atoms with van der Waals surface area (Å²) in [6.07, 6.45) is -0.0396. The predicted molar refractivity (Wildman–Crippen MR) is 103 cm³/mol. The lowest BCUT2D eigenvalue weighted by Crippen LogP contribution is -2.39. The number of hydrogen-bond acceptors (Lipinski definition) is 6. The Kier molecular flexibility index (Phi) is 5.64. The highest BCUT2D eigenvalue weighted by Crippen LogP contribution is 2.28. The summed E-state index contributed by atoms with van der Waals surface area (Å²) in [7, 11) is 1.48. The minimum Gasteiger partial charge on any atom is -0.495 e. The van der Waals surface area contributed by atoms with Crippen molar-refractivity contribution in [3.05, 3.63) is 58.9 Å². The minimum absolute atomic E-state index is 0.0396. The van der Waals surface area contributed by atoms with Crippen molar-refractivity contribution in [1.29, 1.82) is 0 Å². The number of para-hydroxylation sites is 2. The molecule has 0 unspecified atom stereocenters. The highest BCUT2D eigenvalue weighted by Gasteiger charge is 2.21. The minimum atomic E-state index is -0.546. The van der Waals surface area contributed by atoms with E-state index in [0.29, 0.717) is 22.3 Å². The number of methoxy groups -OCH3 is 1. The summed E-state index contributed by atoms with van der Waals surface area (Å²) in [6.45, 7) is -0.294. The lowest BCUT2D eigenvalue weighted by molar-refractivity contribution is -0.119. The highest BCUT2D eigenvalue weighted by molar-refractivity contribution is 5.95. The molecule has 1 heterocycles. The number of benzene rings is 2. The van der Waals surface area contributed by atoms with Gasteiger partial charge in [-0.15, -0.1) is 5.10 Å². The summed E-state index contributed by atoms with van der Waals surface area (Å²) >= 11 is 0. The quantitative estimate of drug-likeness (QED) is 0.643. The predicted octanol–water partition coefficient (Wildman–Crippen LogP) is 0.709. The first kappa shape index (κ1) is 19.0. The fourth-order valence-electron chi connectivity index (χ4n) is 2.79. The molecule has 0 bridgehead atoms. The molecule has 9 nitrogen and oxygen atoms in total. The first-order chi connectivity index (χ1) is 13.5. The molecule has 3 rings (SSSR count). The Labute approximate surface area is 160 Å². The van der Waals surface area contributed by atoms with Crippen molar-refractivity contribution in [2.45, 2.75) is 13.0 Å². The molecule has 0 fully saturated rings. The Morgan fingerprint density at radius 1 is 1.14 bits per heavy atom.